The van der Waals surface area contributed by atoms with Gasteiger partial charge in [0.25, 0.3) is 0 Å². The van der Waals surface area contributed by atoms with Crippen molar-refractivity contribution in [3.63, 3.8) is 0 Å². The Bertz CT molecular complexity index is 844. The van der Waals surface area contributed by atoms with Crippen LogP contribution in [0, 0.1) is 11.8 Å². The van der Waals surface area contributed by atoms with Crippen LogP contribution < -0.4 is 4.90 Å². The highest BCUT2D eigenvalue weighted by Crippen LogP contribution is 2.42. The number of nitrogens with zero attached hydrogens (tertiary/aromatic N) is 6. The second-order valence-corrected chi connectivity index (χ2v) is 6.95. The molecule has 2 fully saturated rings. The van der Waals surface area contributed by atoms with Crippen LogP contribution in [0.1, 0.15) is 18.9 Å². The Hall–Kier alpha value is -2.41. The maximum absolute atomic E-state index is 10.6. The van der Waals surface area contributed by atoms with Gasteiger partial charge in [-0.2, -0.15) is 5.10 Å². The molecule has 0 bridgehead atoms. The minimum absolute atomic E-state index is 0.0799. The van der Waals surface area contributed by atoms with Crippen LogP contribution in [0.4, 0.5) is 5.95 Å². The lowest BCUT2D eigenvalue weighted by Crippen LogP contribution is -2.36. The number of anilines is 1. The fourth-order valence-electron chi connectivity index (χ4n) is 4.38. The third-order valence-corrected chi connectivity index (χ3v) is 5.55. The molecule has 1 saturated heterocycles. The van der Waals surface area contributed by atoms with Crippen molar-refractivity contribution >= 4 is 11.6 Å². The molecule has 0 unspecified atom stereocenters. The Kier molecular flexibility index (Phi) is 3.09. The van der Waals surface area contributed by atoms with E-state index in [1.165, 1.54) is 0 Å². The molecule has 3 aromatic heterocycles. The van der Waals surface area contributed by atoms with Gasteiger partial charge in [-0.05, 0) is 42.9 Å². The maximum Gasteiger partial charge on any atom is 0.231 e. The van der Waals surface area contributed by atoms with Crippen LogP contribution in [-0.2, 0) is 0 Å². The Morgan fingerprint density at radius 1 is 1.00 bits per heavy atom. The van der Waals surface area contributed by atoms with Crippen LogP contribution >= 0.6 is 0 Å². The van der Waals surface area contributed by atoms with Gasteiger partial charge in [-0.1, -0.05) is 6.07 Å². The van der Waals surface area contributed by atoms with Gasteiger partial charge in [-0.15, -0.1) is 10.2 Å². The summed E-state index contributed by atoms with van der Waals surface area (Å²) in [5.41, 5.74) is 0.872. The summed E-state index contributed by atoms with van der Waals surface area (Å²) in [5, 5.41) is 23.5. The average molecular weight is 324 g/mol. The van der Waals surface area contributed by atoms with Gasteiger partial charge in [0, 0.05) is 31.7 Å². The van der Waals surface area contributed by atoms with Crippen molar-refractivity contribution in [2.24, 2.45) is 11.8 Å². The number of hydrogen-bond donors (Lipinski definition) is 1. The lowest BCUT2D eigenvalue weighted by Gasteiger charge is -2.35. The zero-order valence-electron chi connectivity index (χ0n) is 13.3. The molecule has 0 spiro atoms. The summed E-state index contributed by atoms with van der Waals surface area (Å²) in [6, 6.07) is 7.94. The summed E-state index contributed by atoms with van der Waals surface area (Å²) < 4.78 is 3.95. The van der Waals surface area contributed by atoms with Crippen LogP contribution in [-0.4, -0.2) is 48.7 Å². The number of pyridine rings is 1. The number of hydrogen-bond acceptors (Lipinski definition) is 5. The van der Waals surface area contributed by atoms with Crippen molar-refractivity contribution in [3.8, 4) is 0 Å². The first-order chi connectivity index (χ1) is 11.8. The topological polar surface area (TPSA) is 71.5 Å². The maximum atomic E-state index is 10.6. The predicted molar refractivity (Wildman–Crippen MR) is 88.7 cm³/mol. The van der Waals surface area contributed by atoms with E-state index >= 15 is 0 Å². The summed E-state index contributed by atoms with van der Waals surface area (Å²) >= 11 is 0. The molecule has 7 nitrogen and oxygen atoms in total. The first-order valence-electron chi connectivity index (χ1n) is 8.51. The quantitative estimate of drug-likeness (QED) is 0.771. The van der Waals surface area contributed by atoms with Crippen molar-refractivity contribution in [1.29, 1.82) is 0 Å². The third-order valence-electron chi connectivity index (χ3n) is 5.55. The molecule has 4 heterocycles. The van der Waals surface area contributed by atoms with E-state index < -0.39 is 0 Å². The smallest absolute Gasteiger partial charge is 0.231 e. The lowest BCUT2D eigenvalue weighted by molar-refractivity contribution is 0.0306. The van der Waals surface area contributed by atoms with E-state index in [9.17, 15) is 5.11 Å². The van der Waals surface area contributed by atoms with Gasteiger partial charge < -0.3 is 10.0 Å². The van der Waals surface area contributed by atoms with Gasteiger partial charge in [-0.3, -0.25) is 9.08 Å². The molecular weight excluding hydrogens is 304 g/mol. The van der Waals surface area contributed by atoms with Gasteiger partial charge in [-0.25, -0.2) is 0 Å². The molecule has 0 radical (unpaired) electrons. The minimum Gasteiger partial charge on any atom is -0.391 e. The molecule has 0 aromatic carbocycles. The molecule has 3 aromatic rings. The van der Waals surface area contributed by atoms with Crippen molar-refractivity contribution < 1.29 is 5.11 Å². The average Bonchev–Trinajstić information content (AvgIpc) is 3.32. The van der Waals surface area contributed by atoms with Gasteiger partial charge >= 0.3 is 0 Å². The second-order valence-electron chi connectivity index (χ2n) is 6.95. The minimum atomic E-state index is -0.332. The van der Waals surface area contributed by atoms with Crippen molar-refractivity contribution in [2.75, 3.05) is 18.0 Å². The zero-order chi connectivity index (χ0) is 16.1. The summed E-state index contributed by atoms with van der Waals surface area (Å²) in [6.45, 7) is 1.90. The molecular formula is C17H20N6O. The van der Waals surface area contributed by atoms with E-state index in [2.05, 4.69) is 20.2 Å². The Balaban J connectivity index is 1.40. The van der Waals surface area contributed by atoms with Crippen LogP contribution in [0.3, 0.4) is 0 Å². The summed E-state index contributed by atoms with van der Waals surface area (Å²) in [4.78, 5) is 2.31. The van der Waals surface area contributed by atoms with E-state index in [4.69, 9.17) is 0 Å². The molecule has 1 N–H and O–H groups in total. The number of fused-ring (bicyclic) bond motifs is 2. The Morgan fingerprint density at radius 2 is 1.88 bits per heavy atom. The van der Waals surface area contributed by atoms with Crippen molar-refractivity contribution in [3.05, 3.63) is 42.9 Å². The van der Waals surface area contributed by atoms with Crippen molar-refractivity contribution in [2.45, 2.75) is 25.0 Å². The third kappa shape index (κ3) is 2.11. The van der Waals surface area contributed by atoms with E-state index in [-0.39, 0.29) is 12.1 Å². The normalized spacial score (nSPS) is 30.0. The van der Waals surface area contributed by atoms with Crippen molar-refractivity contribution in [1.82, 2.24) is 24.4 Å². The second kappa shape index (κ2) is 5.31. The lowest BCUT2D eigenvalue weighted by atomic mass is 9.77. The van der Waals surface area contributed by atoms with Gasteiger partial charge in [0.2, 0.25) is 5.95 Å². The highest BCUT2D eigenvalue weighted by atomic mass is 16.3. The molecule has 124 valence electrons. The Morgan fingerprint density at radius 3 is 2.71 bits per heavy atom. The molecule has 4 atom stereocenters. The zero-order valence-corrected chi connectivity index (χ0v) is 13.3. The monoisotopic (exact) mass is 324 g/mol. The number of aliphatic hydroxyl groups is 1. The highest BCUT2D eigenvalue weighted by Gasteiger charge is 2.43. The summed E-state index contributed by atoms with van der Waals surface area (Å²) in [5.74, 6) is 1.96. The molecule has 5 rings (SSSR count). The standard InChI is InChI=1S/C17H20N6O/c24-15-9-13-11-21(17-20-19-16-4-1-2-6-22(16)17)10-12(13)8-14(15)23-7-3-5-18-23/h1-7,12-15,24H,8-11H2/t12-,13+,14-,15-/m1/s1. The molecule has 0 amide bonds. The van der Waals surface area contributed by atoms with Crippen LogP contribution in [0.2, 0.25) is 0 Å². The first kappa shape index (κ1) is 14.0. The first-order valence-corrected chi connectivity index (χ1v) is 8.51. The largest absolute Gasteiger partial charge is 0.391 e. The van der Waals surface area contributed by atoms with Crippen LogP contribution in [0.25, 0.3) is 5.65 Å². The predicted octanol–water partition coefficient (Wildman–Crippen LogP) is 1.37. The highest BCUT2D eigenvalue weighted by molar-refractivity contribution is 5.47. The van der Waals surface area contributed by atoms with Gasteiger partial charge in [0.1, 0.15) is 0 Å². The molecule has 24 heavy (non-hydrogen) atoms. The number of rotatable bonds is 2. The fraction of sp³-hybridized carbons (Fsp3) is 0.471. The van der Waals surface area contributed by atoms with Gasteiger partial charge in [0.15, 0.2) is 5.65 Å². The SMILES string of the molecule is O[C@@H]1C[C@H]2CN(c3nnc4ccccn34)C[C@H]2C[C@H]1n1cccn1. The van der Waals surface area contributed by atoms with E-state index in [0.29, 0.717) is 11.8 Å². The van der Waals surface area contributed by atoms with E-state index in [0.717, 1.165) is 37.5 Å². The Labute approximate surface area is 139 Å². The molecule has 1 aliphatic heterocycles. The van der Waals surface area contributed by atoms with Crippen LogP contribution in [0.5, 0.6) is 0 Å². The molecule has 1 saturated carbocycles. The number of aromatic nitrogens is 5. The fourth-order valence-corrected chi connectivity index (χ4v) is 4.38. The van der Waals surface area contributed by atoms with E-state index in [1.54, 1.807) is 6.20 Å². The number of aliphatic hydroxyl groups excluding tert-OH is 1. The summed E-state index contributed by atoms with van der Waals surface area (Å²) in [6.07, 6.45) is 7.19. The summed E-state index contributed by atoms with van der Waals surface area (Å²) in [7, 11) is 0. The molecule has 1 aliphatic carbocycles. The van der Waals surface area contributed by atoms with Crippen LogP contribution in [0.15, 0.2) is 42.9 Å². The molecule has 7 heteroatoms. The van der Waals surface area contributed by atoms with Gasteiger partial charge in [0.05, 0.1) is 12.1 Å². The molecule has 2 aliphatic rings. The van der Waals surface area contributed by atoms with E-state index in [1.807, 2.05) is 45.7 Å².